The Morgan fingerprint density at radius 2 is 1.60 bits per heavy atom. The van der Waals surface area contributed by atoms with Crippen LogP contribution in [0.25, 0.3) is 0 Å². The second kappa shape index (κ2) is 13.8. The molecule has 0 fully saturated rings. The third-order valence-electron chi connectivity index (χ3n) is 5.87. The molecular weight excluding hydrogens is 688 g/mol. The molecule has 0 saturated heterocycles. The maximum Gasteiger partial charge on any atom is 0.402 e. The van der Waals surface area contributed by atoms with Crippen LogP contribution in [0, 0.1) is 17.5 Å². The summed E-state index contributed by atoms with van der Waals surface area (Å²) in [6.07, 6.45) is -7.63. The van der Waals surface area contributed by atoms with E-state index in [4.69, 9.17) is 27.9 Å². The number of anilines is 2. The summed E-state index contributed by atoms with van der Waals surface area (Å²) in [5, 5.41) is 7.43. The number of carbonyl (C=O) groups excluding carboxylic acids is 3. The number of amides is 3. The molecular formula is C28H21BrCl2F5N3O4. The van der Waals surface area contributed by atoms with Crippen molar-refractivity contribution in [2.24, 2.45) is 5.41 Å². The minimum atomic E-state index is -4.78. The van der Waals surface area contributed by atoms with Gasteiger partial charge in [-0.25, -0.2) is 8.78 Å². The van der Waals surface area contributed by atoms with Gasteiger partial charge >= 0.3 is 6.18 Å². The molecule has 0 heterocycles. The lowest BCUT2D eigenvalue weighted by molar-refractivity contribution is -0.211. The van der Waals surface area contributed by atoms with Crippen LogP contribution in [0.15, 0.2) is 46.9 Å². The molecule has 0 aliphatic heterocycles. The summed E-state index contributed by atoms with van der Waals surface area (Å²) in [6.45, 7) is 0.0989. The lowest BCUT2D eigenvalue weighted by atomic mass is 9.91. The SMILES string of the molecule is CC(C)(C(=O)NCc1ccc(Cl)c(C(=O)Nc2c#cc(OCC(F)F)c(C(=O)Nc3ccc(Br)c(Cl)c3)c2)c1)C(F)(F)F. The molecule has 0 aliphatic carbocycles. The van der Waals surface area contributed by atoms with Crippen LogP contribution in [-0.4, -0.2) is 36.9 Å². The number of nitrogens with one attached hydrogen (secondary N) is 3. The van der Waals surface area contributed by atoms with Crippen molar-refractivity contribution < 1.29 is 41.1 Å². The number of carbonyl (C=O) groups is 3. The molecule has 3 N–H and O–H groups in total. The van der Waals surface area contributed by atoms with Gasteiger partial charge in [0.05, 0.1) is 26.9 Å². The van der Waals surface area contributed by atoms with E-state index in [9.17, 15) is 36.3 Å². The van der Waals surface area contributed by atoms with Gasteiger partial charge in [-0.15, -0.1) is 0 Å². The van der Waals surface area contributed by atoms with Crippen LogP contribution in [0.3, 0.4) is 0 Å². The molecule has 0 atom stereocenters. The number of alkyl halides is 5. The topological polar surface area (TPSA) is 96.5 Å². The molecule has 43 heavy (non-hydrogen) atoms. The maximum atomic E-state index is 13.2. The van der Waals surface area contributed by atoms with Crippen molar-refractivity contribution in [3.8, 4) is 5.75 Å². The zero-order chi connectivity index (χ0) is 32.1. The van der Waals surface area contributed by atoms with Crippen molar-refractivity contribution >= 4 is 68.2 Å². The van der Waals surface area contributed by atoms with E-state index in [0.717, 1.165) is 19.9 Å². The van der Waals surface area contributed by atoms with Gasteiger partial charge in [-0.1, -0.05) is 29.3 Å². The first-order valence-corrected chi connectivity index (χ1v) is 13.6. The summed E-state index contributed by atoms with van der Waals surface area (Å²) < 4.78 is 70.6. The molecule has 0 aromatic heterocycles. The molecule has 3 aromatic carbocycles. The van der Waals surface area contributed by atoms with E-state index in [0.29, 0.717) is 4.47 Å². The van der Waals surface area contributed by atoms with E-state index in [2.05, 4.69) is 44.0 Å². The standard InChI is InChI=1S/C28H21BrCl2F5N3O4/c1-27(2,28(34,35)36)26(42)37-12-14-3-7-20(30)17(9-14)24(40)38-15-5-8-22(43-13-23(32)33)18(10-15)25(41)39-16-4-6-19(29)21(31)11-16/h3-4,6-7,9-11,23H,12-13H2,1-2H3,(H,37,42)(H,38,40)(H,39,41). The van der Waals surface area contributed by atoms with Crippen LogP contribution in [0.4, 0.5) is 33.3 Å². The molecule has 0 aliphatic rings. The molecule has 0 saturated carbocycles. The van der Waals surface area contributed by atoms with Gasteiger partial charge < -0.3 is 20.7 Å². The van der Waals surface area contributed by atoms with Crippen LogP contribution in [0.5, 0.6) is 5.75 Å². The van der Waals surface area contributed by atoms with Gasteiger partial charge in [0.25, 0.3) is 18.2 Å². The maximum absolute atomic E-state index is 13.2. The largest absolute Gasteiger partial charge is 0.479 e. The van der Waals surface area contributed by atoms with Crippen LogP contribution >= 0.6 is 39.1 Å². The predicted molar refractivity (Wildman–Crippen MR) is 154 cm³/mol. The summed E-state index contributed by atoms with van der Waals surface area (Å²) in [4.78, 5) is 38.2. The molecule has 0 spiro atoms. The number of halogens is 8. The Bertz CT molecular complexity index is 1540. The second-order valence-electron chi connectivity index (χ2n) is 9.41. The lowest BCUT2D eigenvalue weighted by Crippen LogP contribution is -2.46. The van der Waals surface area contributed by atoms with Gasteiger partial charge in [0, 0.05) is 16.7 Å². The predicted octanol–water partition coefficient (Wildman–Crippen LogP) is 7.71. The van der Waals surface area contributed by atoms with E-state index < -0.39 is 42.3 Å². The van der Waals surface area contributed by atoms with Gasteiger partial charge in [0.15, 0.2) is 5.75 Å². The Morgan fingerprint density at radius 3 is 2.23 bits per heavy atom. The van der Waals surface area contributed by atoms with Crippen molar-refractivity contribution in [3.05, 3.63) is 85.8 Å². The average molecular weight is 709 g/mol. The Kier molecular flexibility index (Phi) is 10.9. The average Bonchev–Trinajstić information content (AvgIpc) is 2.92. The molecule has 228 valence electrons. The van der Waals surface area contributed by atoms with Crippen molar-refractivity contribution in [2.45, 2.75) is 33.0 Å². The van der Waals surface area contributed by atoms with Crippen LogP contribution < -0.4 is 20.7 Å². The zero-order valence-electron chi connectivity index (χ0n) is 22.2. The fraction of sp³-hybridized carbons (Fsp3) is 0.250. The highest BCUT2D eigenvalue weighted by Crippen LogP contribution is 2.37. The van der Waals surface area contributed by atoms with Crippen molar-refractivity contribution in [1.29, 1.82) is 0 Å². The lowest BCUT2D eigenvalue weighted by Gasteiger charge is -2.26. The Morgan fingerprint density at radius 1 is 0.930 bits per heavy atom. The highest BCUT2D eigenvalue weighted by atomic mass is 79.9. The fourth-order valence-electron chi connectivity index (χ4n) is 3.28. The first-order valence-electron chi connectivity index (χ1n) is 12.1. The van der Waals surface area contributed by atoms with Gasteiger partial charge in [-0.2, -0.15) is 13.2 Å². The molecule has 15 heteroatoms. The van der Waals surface area contributed by atoms with Crippen LogP contribution in [-0.2, 0) is 11.3 Å². The summed E-state index contributed by atoms with van der Waals surface area (Å²) in [5.41, 5.74) is -2.62. The molecule has 0 bridgehead atoms. The summed E-state index contributed by atoms with van der Waals surface area (Å²) >= 11 is 15.4. The van der Waals surface area contributed by atoms with Crippen molar-refractivity contribution in [2.75, 3.05) is 17.2 Å². The molecule has 0 radical (unpaired) electrons. The van der Waals surface area contributed by atoms with E-state index >= 15 is 0 Å². The van der Waals surface area contributed by atoms with Crippen LogP contribution in [0.1, 0.15) is 40.1 Å². The molecule has 0 unspecified atom stereocenters. The van der Waals surface area contributed by atoms with E-state index in [-0.39, 0.29) is 50.4 Å². The van der Waals surface area contributed by atoms with Gasteiger partial charge in [0.2, 0.25) is 5.91 Å². The second-order valence-corrected chi connectivity index (χ2v) is 11.1. The third kappa shape index (κ3) is 8.72. The van der Waals surface area contributed by atoms with Gasteiger partial charge in [-0.05, 0) is 83.9 Å². The smallest absolute Gasteiger partial charge is 0.402 e. The van der Waals surface area contributed by atoms with Gasteiger partial charge in [0.1, 0.15) is 12.0 Å². The van der Waals surface area contributed by atoms with E-state index in [1.54, 1.807) is 6.07 Å². The van der Waals surface area contributed by atoms with Crippen molar-refractivity contribution in [1.82, 2.24) is 5.32 Å². The first kappa shape index (κ1) is 33.9. The number of benzene rings is 2. The normalized spacial score (nSPS) is 11.5. The number of ether oxygens (including phenoxy) is 1. The highest BCUT2D eigenvalue weighted by Gasteiger charge is 2.52. The monoisotopic (exact) mass is 707 g/mol. The molecule has 3 amide bonds. The molecule has 3 aromatic rings. The molecule has 7 nitrogen and oxygen atoms in total. The first-order chi connectivity index (χ1) is 20.0. The fourth-order valence-corrected chi connectivity index (χ4v) is 3.91. The number of hydrogen-bond donors (Lipinski definition) is 3. The van der Waals surface area contributed by atoms with E-state index in [1.807, 2.05) is 0 Å². The number of hydrogen-bond acceptors (Lipinski definition) is 4. The summed E-state index contributed by atoms with van der Waals surface area (Å²) in [6, 6.07) is 14.6. The van der Waals surface area contributed by atoms with Crippen LogP contribution in [0.2, 0.25) is 10.0 Å². The Balaban J connectivity index is 1.82. The Labute approximate surface area is 261 Å². The Hall–Kier alpha value is -3.60. The van der Waals surface area contributed by atoms with Crippen molar-refractivity contribution in [3.63, 3.8) is 0 Å². The molecule has 3 rings (SSSR count). The highest BCUT2D eigenvalue weighted by molar-refractivity contribution is 9.10. The van der Waals surface area contributed by atoms with E-state index in [1.165, 1.54) is 30.3 Å². The van der Waals surface area contributed by atoms with Gasteiger partial charge in [-0.3, -0.25) is 14.4 Å². The third-order valence-corrected chi connectivity index (χ3v) is 7.43. The zero-order valence-corrected chi connectivity index (χ0v) is 25.3. The number of rotatable bonds is 10. The quantitative estimate of drug-likeness (QED) is 0.188. The minimum Gasteiger partial charge on any atom is -0.479 e. The summed E-state index contributed by atoms with van der Waals surface area (Å²) in [7, 11) is 0. The minimum absolute atomic E-state index is 0.0332. The summed E-state index contributed by atoms with van der Waals surface area (Å²) in [5.74, 6) is -3.25.